The fourth-order valence-electron chi connectivity index (χ4n) is 3.89. The largest absolute Gasteiger partial charge is 0.481 e. The predicted octanol–water partition coefficient (Wildman–Crippen LogP) is 5.09. The second-order valence-electron chi connectivity index (χ2n) is 8.83. The van der Waals surface area contributed by atoms with Crippen LogP contribution in [0.15, 0.2) is 24.3 Å². The van der Waals surface area contributed by atoms with Gasteiger partial charge in [-0.05, 0) is 73.3 Å². The molecule has 0 spiro atoms. The molecule has 1 saturated carbocycles. The van der Waals surface area contributed by atoms with E-state index in [1.165, 1.54) is 11.1 Å². The Labute approximate surface area is 156 Å². The minimum absolute atomic E-state index is 0.0825. The van der Waals surface area contributed by atoms with Gasteiger partial charge in [-0.3, -0.25) is 9.59 Å². The number of rotatable bonds is 12. The van der Waals surface area contributed by atoms with Crippen molar-refractivity contribution in [1.29, 1.82) is 0 Å². The van der Waals surface area contributed by atoms with Gasteiger partial charge in [-0.25, -0.2) is 0 Å². The van der Waals surface area contributed by atoms with E-state index < -0.39 is 11.9 Å². The minimum atomic E-state index is -0.728. The van der Waals surface area contributed by atoms with Gasteiger partial charge < -0.3 is 10.2 Å². The van der Waals surface area contributed by atoms with Crippen molar-refractivity contribution >= 4 is 11.9 Å². The van der Waals surface area contributed by atoms with Gasteiger partial charge in [-0.1, -0.05) is 38.1 Å². The molecule has 0 atom stereocenters. The number of hydrogen-bond acceptors (Lipinski definition) is 2. The first-order valence-electron chi connectivity index (χ1n) is 9.71. The van der Waals surface area contributed by atoms with E-state index in [9.17, 15) is 9.59 Å². The second-order valence-corrected chi connectivity index (χ2v) is 8.83. The van der Waals surface area contributed by atoms with Gasteiger partial charge in [0.15, 0.2) is 0 Å². The van der Waals surface area contributed by atoms with Crippen molar-refractivity contribution in [2.24, 2.45) is 10.8 Å². The Kier molecular flexibility index (Phi) is 6.85. The van der Waals surface area contributed by atoms with Gasteiger partial charge in [0.1, 0.15) is 0 Å². The molecule has 144 valence electrons. The standard InChI is InChI=1S/C22H32O4/c1-21(2,15-19(23)24)10-4-8-17-6-3-7-18(14-17)9-5-11-22(12-13-22)16-20(25)26/h3,6-7,14H,4-5,8-13,15-16H2,1-2H3,(H,23,24)(H,25,26). The first kappa shape index (κ1) is 20.5. The van der Waals surface area contributed by atoms with Crippen molar-refractivity contribution in [3.63, 3.8) is 0 Å². The third kappa shape index (κ3) is 7.19. The molecule has 1 aliphatic rings. The summed E-state index contributed by atoms with van der Waals surface area (Å²) in [7, 11) is 0. The van der Waals surface area contributed by atoms with Gasteiger partial charge in [0.05, 0.1) is 12.8 Å². The summed E-state index contributed by atoms with van der Waals surface area (Å²) < 4.78 is 0. The summed E-state index contributed by atoms with van der Waals surface area (Å²) in [5.74, 6) is -1.40. The zero-order valence-corrected chi connectivity index (χ0v) is 16.1. The number of carboxylic acids is 2. The van der Waals surface area contributed by atoms with Crippen molar-refractivity contribution in [2.75, 3.05) is 0 Å². The summed E-state index contributed by atoms with van der Waals surface area (Å²) in [6.45, 7) is 4.03. The number of carbonyl (C=O) groups is 2. The Balaban J connectivity index is 1.75. The summed E-state index contributed by atoms with van der Waals surface area (Å²) in [6, 6.07) is 8.63. The lowest BCUT2D eigenvalue weighted by atomic mass is 9.83. The fourth-order valence-corrected chi connectivity index (χ4v) is 3.89. The van der Waals surface area contributed by atoms with Gasteiger partial charge in [-0.15, -0.1) is 0 Å². The van der Waals surface area contributed by atoms with Crippen LogP contribution >= 0.6 is 0 Å². The summed E-state index contributed by atoms with van der Waals surface area (Å²) in [5.41, 5.74) is 2.55. The van der Waals surface area contributed by atoms with Crippen molar-refractivity contribution in [1.82, 2.24) is 0 Å². The molecule has 4 heteroatoms. The molecule has 1 aromatic rings. The van der Waals surface area contributed by atoms with Gasteiger partial charge in [0.25, 0.3) is 0 Å². The van der Waals surface area contributed by atoms with Crippen molar-refractivity contribution < 1.29 is 19.8 Å². The summed E-state index contributed by atoms with van der Waals surface area (Å²) in [4.78, 5) is 21.8. The highest BCUT2D eigenvalue weighted by Crippen LogP contribution is 2.52. The molecular weight excluding hydrogens is 328 g/mol. The van der Waals surface area contributed by atoms with Crippen LogP contribution in [0.1, 0.15) is 76.3 Å². The van der Waals surface area contributed by atoms with Crippen LogP contribution in [0.4, 0.5) is 0 Å². The van der Waals surface area contributed by atoms with E-state index in [0.29, 0.717) is 6.42 Å². The minimum Gasteiger partial charge on any atom is -0.481 e. The van der Waals surface area contributed by atoms with Crippen LogP contribution in [0.2, 0.25) is 0 Å². The number of aryl methyl sites for hydroxylation is 2. The molecule has 1 aromatic carbocycles. The first-order chi connectivity index (χ1) is 12.2. The maximum atomic E-state index is 10.9. The van der Waals surface area contributed by atoms with E-state index in [1.54, 1.807) is 0 Å². The molecule has 2 rings (SSSR count). The summed E-state index contributed by atoms with van der Waals surface area (Å²) in [6.07, 6.45) is 8.57. The molecule has 0 saturated heterocycles. The van der Waals surface area contributed by atoms with E-state index >= 15 is 0 Å². The molecule has 1 aliphatic carbocycles. The molecule has 0 unspecified atom stereocenters. The van der Waals surface area contributed by atoms with E-state index in [1.807, 2.05) is 13.8 Å². The van der Waals surface area contributed by atoms with Crippen LogP contribution in [0.25, 0.3) is 0 Å². The first-order valence-corrected chi connectivity index (χ1v) is 9.71. The maximum Gasteiger partial charge on any atom is 0.303 e. The lowest BCUT2D eigenvalue weighted by Gasteiger charge is -2.22. The normalized spacial score (nSPS) is 15.6. The van der Waals surface area contributed by atoms with E-state index in [0.717, 1.165) is 51.4 Å². The Morgan fingerprint density at radius 1 is 1.04 bits per heavy atom. The average Bonchev–Trinajstić information content (AvgIpc) is 3.25. The molecule has 2 N–H and O–H groups in total. The molecule has 0 heterocycles. The predicted molar refractivity (Wildman–Crippen MR) is 102 cm³/mol. The number of aliphatic carboxylic acids is 2. The van der Waals surface area contributed by atoms with Crippen molar-refractivity contribution in [3.8, 4) is 0 Å². The van der Waals surface area contributed by atoms with Crippen LogP contribution in [0, 0.1) is 10.8 Å². The summed E-state index contributed by atoms with van der Waals surface area (Å²) >= 11 is 0. The van der Waals surface area contributed by atoms with Crippen molar-refractivity contribution in [3.05, 3.63) is 35.4 Å². The van der Waals surface area contributed by atoms with E-state index in [-0.39, 0.29) is 17.3 Å². The molecule has 26 heavy (non-hydrogen) atoms. The smallest absolute Gasteiger partial charge is 0.303 e. The molecule has 0 aromatic heterocycles. The van der Waals surface area contributed by atoms with Crippen LogP contribution in [-0.4, -0.2) is 22.2 Å². The Morgan fingerprint density at radius 3 is 2.19 bits per heavy atom. The quantitative estimate of drug-likeness (QED) is 0.544. The Bertz CT molecular complexity index is 590. The number of benzene rings is 1. The molecule has 0 radical (unpaired) electrons. The summed E-state index contributed by atoms with van der Waals surface area (Å²) in [5, 5.41) is 18.0. The van der Waals surface area contributed by atoms with Gasteiger partial charge >= 0.3 is 11.9 Å². The highest BCUT2D eigenvalue weighted by molar-refractivity contribution is 5.68. The third-order valence-corrected chi connectivity index (χ3v) is 5.60. The SMILES string of the molecule is CC(C)(CCCc1cccc(CCCC2(CC(=O)O)CC2)c1)CC(=O)O. The van der Waals surface area contributed by atoms with Crippen LogP contribution in [0.5, 0.6) is 0 Å². The van der Waals surface area contributed by atoms with E-state index in [2.05, 4.69) is 24.3 Å². The van der Waals surface area contributed by atoms with E-state index in [4.69, 9.17) is 10.2 Å². The monoisotopic (exact) mass is 360 g/mol. The van der Waals surface area contributed by atoms with Crippen LogP contribution in [-0.2, 0) is 22.4 Å². The zero-order chi connectivity index (χ0) is 19.2. The second kappa shape index (κ2) is 8.70. The number of hydrogen-bond donors (Lipinski definition) is 2. The molecule has 4 nitrogen and oxygen atoms in total. The van der Waals surface area contributed by atoms with Crippen molar-refractivity contribution in [2.45, 2.75) is 78.1 Å². The highest BCUT2D eigenvalue weighted by atomic mass is 16.4. The maximum absolute atomic E-state index is 10.9. The van der Waals surface area contributed by atoms with Crippen LogP contribution < -0.4 is 0 Å². The topological polar surface area (TPSA) is 74.6 Å². The highest BCUT2D eigenvalue weighted by Gasteiger charge is 2.43. The van der Waals surface area contributed by atoms with Gasteiger partial charge in [0, 0.05) is 0 Å². The Hall–Kier alpha value is -1.84. The molecular formula is C22H32O4. The lowest BCUT2D eigenvalue weighted by molar-refractivity contribution is -0.140. The lowest BCUT2D eigenvalue weighted by Crippen LogP contribution is -2.16. The molecule has 0 bridgehead atoms. The number of carboxylic acid groups (broad SMARTS) is 2. The fraction of sp³-hybridized carbons (Fsp3) is 0.636. The molecule has 0 amide bonds. The zero-order valence-electron chi connectivity index (χ0n) is 16.1. The Morgan fingerprint density at radius 2 is 1.65 bits per heavy atom. The molecule has 0 aliphatic heterocycles. The van der Waals surface area contributed by atoms with Gasteiger partial charge in [0.2, 0.25) is 0 Å². The molecule has 1 fully saturated rings. The third-order valence-electron chi connectivity index (χ3n) is 5.60. The van der Waals surface area contributed by atoms with Crippen LogP contribution in [0.3, 0.4) is 0 Å². The van der Waals surface area contributed by atoms with Gasteiger partial charge in [-0.2, -0.15) is 0 Å². The average molecular weight is 360 g/mol.